The summed E-state index contributed by atoms with van der Waals surface area (Å²) in [6.45, 7) is 0. The number of hydrogen-bond donors (Lipinski definition) is 3. The van der Waals surface area contributed by atoms with Gasteiger partial charge in [-0.2, -0.15) is 0 Å². The fourth-order valence-corrected chi connectivity index (χ4v) is 5.35. The van der Waals surface area contributed by atoms with Crippen molar-refractivity contribution >= 4 is 12.0 Å². The lowest BCUT2D eigenvalue weighted by Gasteiger charge is -2.56. The van der Waals surface area contributed by atoms with Crippen molar-refractivity contribution in [2.24, 2.45) is 17.8 Å². The SMILES string of the molecule is O=C(NC12CC3CC(CC(C3)C1)C2)Oc1ccc(C(=O)NO)cc1. The van der Waals surface area contributed by atoms with Gasteiger partial charge in [0.25, 0.3) is 5.91 Å². The largest absolute Gasteiger partial charge is 0.413 e. The summed E-state index contributed by atoms with van der Waals surface area (Å²) in [7, 11) is 0. The molecule has 0 aliphatic heterocycles. The van der Waals surface area contributed by atoms with Crippen molar-refractivity contribution in [2.45, 2.75) is 44.1 Å². The Labute approximate surface area is 140 Å². The van der Waals surface area contributed by atoms with E-state index in [1.165, 1.54) is 31.4 Å². The van der Waals surface area contributed by atoms with Gasteiger partial charge in [0.05, 0.1) is 0 Å². The van der Waals surface area contributed by atoms with Gasteiger partial charge in [-0.05, 0) is 80.5 Å². The first-order valence-corrected chi connectivity index (χ1v) is 8.60. The van der Waals surface area contributed by atoms with E-state index in [0.29, 0.717) is 11.3 Å². The van der Waals surface area contributed by atoms with Crippen molar-refractivity contribution in [3.8, 4) is 5.75 Å². The average molecular weight is 330 g/mol. The third-order valence-electron chi connectivity index (χ3n) is 5.83. The van der Waals surface area contributed by atoms with E-state index in [9.17, 15) is 9.59 Å². The molecule has 24 heavy (non-hydrogen) atoms. The summed E-state index contributed by atoms with van der Waals surface area (Å²) in [4.78, 5) is 23.6. The van der Waals surface area contributed by atoms with E-state index in [2.05, 4.69) is 5.32 Å². The molecule has 6 heteroatoms. The Kier molecular flexibility index (Phi) is 3.72. The first kappa shape index (κ1) is 15.4. The highest BCUT2D eigenvalue weighted by Gasteiger charge is 2.51. The zero-order valence-electron chi connectivity index (χ0n) is 13.5. The molecular formula is C18H22N2O4. The van der Waals surface area contributed by atoms with E-state index in [1.54, 1.807) is 17.6 Å². The van der Waals surface area contributed by atoms with Crippen LogP contribution in [-0.4, -0.2) is 22.7 Å². The van der Waals surface area contributed by atoms with E-state index in [4.69, 9.17) is 9.94 Å². The molecular weight excluding hydrogens is 308 g/mol. The standard InChI is InChI=1S/C18H22N2O4/c21-16(20-23)14-1-3-15(4-2-14)24-17(22)19-18-8-11-5-12(9-18)7-13(6-11)10-18/h1-4,11-13,23H,5-10H2,(H,19,22)(H,20,21). The predicted octanol–water partition coefficient (Wildman–Crippen LogP) is 2.86. The van der Waals surface area contributed by atoms with Crippen LogP contribution in [0.3, 0.4) is 0 Å². The van der Waals surface area contributed by atoms with Crippen LogP contribution in [0.25, 0.3) is 0 Å². The molecule has 0 heterocycles. The molecule has 1 aromatic carbocycles. The van der Waals surface area contributed by atoms with Gasteiger partial charge in [-0.25, -0.2) is 10.3 Å². The van der Waals surface area contributed by atoms with Gasteiger partial charge in [0.15, 0.2) is 0 Å². The Hall–Kier alpha value is -2.08. The molecule has 5 rings (SSSR count). The van der Waals surface area contributed by atoms with Crippen LogP contribution >= 0.6 is 0 Å². The Morgan fingerprint density at radius 1 is 1.00 bits per heavy atom. The number of rotatable bonds is 3. The van der Waals surface area contributed by atoms with E-state index in [-0.39, 0.29) is 5.54 Å². The fraction of sp³-hybridized carbons (Fsp3) is 0.556. The summed E-state index contributed by atoms with van der Waals surface area (Å²) < 4.78 is 5.38. The lowest BCUT2D eigenvalue weighted by molar-refractivity contribution is -0.0161. The van der Waals surface area contributed by atoms with Crippen LogP contribution in [-0.2, 0) is 0 Å². The second-order valence-corrected chi connectivity index (χ2v) is 7.68. The highest BCUT2D eigenvalue weighted by molar-refractivity contribution is 5.93. The Morgan fingerprint density at radius 3 is 2.04 bits per heavy atom. The van der Waals surface area contributed by atoms with Crippen molar-refractivity contribution in [3.63, 3.8) is 0 Å². The lowest BCUT2D eigenvalue weighted by Crippen LogP contribution is -2.60. The van der Waals surface area contributed by atoms with Gasteiger partial charge in [-0.15, -0.1) is 0 Å². The maximum atomic E-state index is 12.3. The minimum atomic E-state index is -0.598. The number of carbonyl (C=O) groups excluding carboxylic acids is 2. The van der Waals surface area contributed by atoms with Crippen molar-refractivity contribution in [1.82, 2.24) is 10.8 Å². The Balaban J connectivity index is 1.39. The molecule has 0 saturated heterocycles. The monoisotopic (exact) mass is 330 g/mol. The van der Waals surface area contributed by atoms with Gasteiger partial charge in [0, 0.05) is 11.1 Å². The lowest BCUT2D eigenvalue weighted by atomic mass is 9.53. The number of hydrogen-bond acceptors (Lipinski definition) is 4. The molecule has 4 aliphatic rings. The third kappa shape index (κ3) is 2.86. The number of hydroxylamine groups is 1. The smallest absolute Gasteiger partial charge is 0.410 e. The van der Waals surface area contributed by atoms with Crippen LogP contribution in [0.4, 0.5) is 4.79 Å². The Bertz CT molecular complexity index is 620. The molecule has 0 atom stereocenters. The molecule has 6 nitrogen and oxygen atoms in total. The van der Waals surface area contributed by atoms with Gasteiger partial charge in [-0.3, -0.25) is 10.0 Å². The summed E-state index contributed by atoms with van der Waals surface area (Å²) in [5, 5.41) is 11.7. The van der Waals surface area contributed by atoms with Gasteiger partial charge in [-0.1, -0.05) is 0 Å². The van der Waals surface area contributed by atoms with E-state index < -0.39 is 12.0 Å². The van der Waals surface area contributed by atoms with Crippen LogP contribution in [0, 0.1) is 17.8 Å². The highest BCUT2D eigenvalue weighted by atomic mass is 16.6. The topological polar surface area (TPSA) is 87.7 Å². The molecule has 4 bridgehead atoms. The van der Waals surface area contributed by atoms with Crippen LogP contribution in [0.2, 0.25) is 0 Å². The van der Waals surface area contributed by atoms with E-state index in [1.807, 2.05) is 0 Å². The average Bonchev–Trinajstić information content (AvgIpc) is 2.53. The molecule has 2 amide bonds. The molecule has 0 aromatic heterocycles. The number of ether oxygens (including phenoxy) is 1. The summed E-state index contributed by atoms with van der Waals surface area (Å²) in [6, 6.07) is 6.09. The third-order valence-corrected chi connectivity index (χ3v) is 5.83. The van der Waals surface area contributed by atoms with Crippen LogP contribution in [0.15, 0.2) is 24.3 Å². The van der Waals surface area contributed by atoms with Gasteiger partial charge in [0.2, 0.25) is 0 Å². The molecule has 0 spiro atoms. The minimum absolute atomic E-state index is 0.0808. The minimum Gasteiger partial charge on any atom is -0.410 e. The number of amides is 2. The van der Waals surface area contributed by atoms with Gasteiger partial charge < -0.3 is 10.1 Å². The van der Waals surface area contributed by atoms with E-state index >= 15 is 0 Å². The van der Waals surface area contributed by atoms with Crippen molar-refractivity contribution in [3.05, 3.63) is 29.8 Å². The number of carbonyl (C=O) groups is 2. The molecule has 0 radical (unpaired) electrons. The molecule has 0 unspecified atom stereocenters. The van der Waals surface area contributed by atoms with Crippen molar-refractivity contribution in [1.29, 1.82) is 0 Å². The van der Waals surface area contributed by atoms with Gasteiger partial charge >= 0.3 is 6.09 Å². The molecule has 4 fully saturated rings. The number of benzene rings is 1. The zero-order chi connectivity index (χ0) is 16.7. The van der Waals surface area contributed by atoms with E-state index in [0.717, 1.165) is 37.0 Å². The molecule has 1 aromatic rings. The maximum Gasteiger partial charge on any atom is 0.413 e. The van der Waals surface area contributed by atoms with Gasteiger partial charge in [0.1, 0.15) is 5.75 Å². The van der Waals surface area contributed by atoms with Crippen LogP contribution < -0.4 is 15.5 Å². The second kappa shape index (κ2) is 5.77. The summed E-state index contributed by atoms with van der Waals surface area (Å²) in [5.41, 5.74) is 1.78. The summed E-state index contributed by atoms with van der Waals surface area (Å²) in [6.07, 6.45) is 6.77. The zero-order valence-corrected chi connectivity index (χ0v) is 13.5. The highest BCUT2D eigenvalue weighted by Crippen LogP contribution is 2.55. The summed E-state index contributed by atoms with van der Waals surface area (Å²) in [5.74, 6) is 2.06. The van der Waals surface area contributed by atoms with Crippen molar-refractivity contribution in [2.75, 3.05) is 0 Å². The second-order valence-electron chi connectivity index (χ2n) is 7.68. The molecule has 3 N–H and O–H groups in total. The Morgan fingerprint density at radius 2 is 1.54 bits per heavy atom. The van der Waals surface area contributed by atoms with Crippen LogP contribution in [0.5, 0.6) is 5.75 Å². The first-order valence-electron chi connectivity index (χ1n) is 8.60. The number of nitrogens with one attached hydrogen (secondary N) is 2. The summed E-state index contributed by atoms with van der Waals surface area (Å²) >= 11 is 0. The normalized spacial score (nSPS) is 33.1. The molecule has 4 aliphatic carbocycles. The van der Waals surface area contributed by atoms with Crippen LogP contribution in [0.1, 0.15) is 48.9 Å². The predicted molar refractivity (Wildman–Crippen MR) is 85.8 cm³/mol. The molecule has 128 valence electrons. The molecule has 4 saturated carbocycles. The first-order chi connectivity index (χ1) is 11.5. The van der Waals surface area contributed by atoms with Crippen molar-refractivity contribution < 1.29 is 19.5 Å². The fourth-order valence-electron chi connectivity index (χ4n) is 5.35. The maximum absolute atomic E-state index is 12.3. The quantitative estimate of drug-likeness (QED) is 0.587.